The van der Waals surface area contributed by atoms with Crippen LogP contribution in [0.5, 0.6) is 0 Å². The van der Waals surface area contributed by atoms with Crippen LogP contribution in [0.2, 0.25) is 0 Å². The SMILES string of the molecule is Cc1cc(Cc2ccccc2)n([O-])c(=O)c1. The van der Waals surface area contributed by atoms with Crippen molar-refractivity contribution < 1.29 is 0 Å². The van der Waals surface area contributed by atoms with Crippen LogP contribution in [-0.2, 0) is 6.42 Å². The molecular weight excluding hydrogens is 202 g/mol. The monoisotopic (exact) mass is 214 g/mol. The second kappa shape index (κ2) is 4.23. The molecule has 2 rings (SSSR count). The van der Waals surface area contributed by atoms with E-state index in [1.54, 1.807) is 6.07 Å². The highest BCUT2D eigenvalue weighted by atomic mass is 16.5. The summed E-state index contributed by atoms with van der Waals surface area (Å²) < 4.78 is 0.458. The van der Waals surface area contributed by atoms with Crippen LogP contribution in [0.25, 0.3) is 0 Å². The van der Waals surface area contributed by atoms with E-state index >= 15 is 0 Å². The highest BCUT2D eigenvalue weighted by molar-refractivity contribution is 5.25. The zero-order chi connectivity index (χ0) is 11.5. The Morgan fingerprint density at radius 2 is 1.88 bits per heavy atom. The molecule has 1 aromatic heterocycles. The lowest BCUT2D eigenvalue weighted by atomic mass is 10.1. The molecule has 3 nitrogen and oxygen atoms in total. The van der Waals surface area contributed by atoms with Crippen molar-refractivity contribution in [3.63, 3.8) is 0 Å². The van der Waals surface area contributed by atoms with Gasteiger partial charge in [0.15, 0.2) is 0 Å². The van der Waals surface area contributed by atoms with Crippen molar-refractivity contribution in [3.8, 4) is 0 Å². The summed E-state index contributed by atoms with van der Waals surface area (Å²) in [5, 5.41) is 11.5. The Kier molecular flexibility index (Phi) is 2.77. The number of rotatable bonds is 2. The first kappa shape index (κ1) is 10.5. The molecule has 0 spiro atoms. The van der Waals surface area contributed by atoms with Gasteiger partial charge < -0.3 is 9.94 Å². The van der Waals surface area contributed by atoms with E-state index < -0.39 is 5.56 Å². The van der Waals surface area contributed by atoms with E-state index in [-0.39, 0.29) is 0 Å². The largest absolute Gasteiger partial charge is 0.803 e. The second-order valence-corrected chi connectivity index (χ2v) is 3.82. The predicted octanol–water partition coefficient (Wildman–Crippen LogP) is 2.09. The molecule has 0 aliphatic carbocycles. The number of benzene rings is 1. The van der Waals surface area contributed by atoms with Crippen LogP contribution in [0.15, 0.2) is 47.3 Å². The molecule has 82 valence electrons. The van der Waals surface area contributed by atoms with Gasteiger partial charge in [0, 0.05) is 18.2 Å². The lowest BCUT2D eigenvalue weighted by molar-refractivity contribution is 0.893. The van der Waals surface area contributed by atoms with Gasteiger partial charge >= 0.3 is 0 Å². The quantitative estimate of drug-likeness (QED) is 0.768. The molecule has 0 N–H and O–H groups in total. The summed E-state index contributed by atoms with van der Waals surface area (Å²) in [4.78, 5) is 11.3. The van der Waals surface area contributed by atoms with Gasteiger partial charge in [-0.15, -0.1) is 0 Å². The Morgan fingerprint density at radius 1 is 1.19 bits per heavy atom. The van der Waals surface area contributed by atoms with Gasteiger partial charge in [0.2, 0.25) is 5.56 Å². The number of nitrogens with zero attached hydrogens (tertiary/aromatic N) is 1. The van der Waals surface area contributed by atoms with Crippen LogP contribution >= 0.6 is 0 Å². The van der Waals surface area contributed by atoms with Gasteiger partial charge in [-0.25, -0.2) is 0 Å². The van der Waals surface area contributed by atoms with Gasteiger partial charge in [-0.3, -0.25) is 4.79 Å². The molecule has 0 aliphatic heterocycles. The molecule has 3 heteroatoms. The molecule has 0 atom stereocenters. The number of pyridine rings is 1. The molecule has 16 heavy (non-hydrogen) atoms. The van der Waals surface area contributed by atoms with Gasteiger partial charge in [0.1, 0.15) is 0 Å². The van der Waals surface area contributed by atoms with Crippen molar-refractivity contribution in [2.45, 2.75) is 13.3 Å². The van der Waals surface area contributed by atoms with Gasteiger partial charge in [-0.2, -0.15) is 0 Å². The molecule has 0 unspecified atom stereocenters. The molecule has 0 radical (unpaired) electrons. The van der Waals surface area contributed by atoms with Gasteiger partial charge in [0.25, 0.3) is 0 Å². The van der Waals surface area contributed by atoms with E-state index in [0.29, 0.717) is 16.8 Å². The maximum absolute atomic E-state index is 11.5. The van der Waals surface area contributed by atoms with E-state index in [1.807, 2.05) is 37.3 Å². The van der Waals surface area contributed by atoms with Gasteiger partial charge in [-0.05, 0) is 24.1 Å². The van der Waals surface area contributed by atoms with Crippen molar-refractivity contribution in [1.29, 1.82) is 0 Å². The minimum atomic E-state index is -0.495. The summed E-state index contributed by atoms with van der Waals surface area (Å²) in [6, 6.07) is 12.7. The van der Waals surface area contributed by atoms with Crippen LogP contribution in [0, 0.1) is 12.1 Å². The zero-order valence-corrected chi connectivity index (χ0v) is 9.01. The fraction of sp³-hybridized carbons (Fsp3) is 0.154. The predicted molar refractivity (Wildman–Crippen MR) is 63.5 cm³/mol. The first-order valence-corrected chi connectivity index (χ1v) is 5.11. The maximum Gasteiger partial charge on any atom is 0.246 e. The zero-order valence-electron chi connectivity index (χ0n) is 9.01. The standard InChI is InChI=1S/C13H12NO2/c1-10-7-12(14(16)13(15)8-10)9-11-5-3-2-4-6-11/h2-8H,9H2,1H3/q-1. The molecule has 0 aliphatic rings. The van der Waals surface area contributed by atoms with E-state index in [4.69, 9.17) is 0 Å². The molecule has 1 aromatic carbocycles. The Morgan fingerprint density at radius 3 is 2.56 bits per heavy atom. The van der Waals surface area contributed by atoms with Crippen LogP contribution < -0.4 is 5.56 Å². The van der Waals surface area contributed by atoms with E-state index in [1.165, 1.54) is 6.07 Å². The van der Waals surface area contributed by atoms with E-state index in [9.17, 15) is 10.0 Å². The lowest BCUT2D eigenvalue weighted by Gasteiger charge is -2.16. The molecule has 2 aromatic rings. The Bertz CT molecular complexity index is 544. The molecule has 0 bridgehead atoms. The highest BCUT2D eigenvalue weighted by Gasteiger charge is 2.00. The lowest BCUT2D eigenvalue weighted by Crippen LogP contribution is -2.18. The average molecular weight is 214 g/mol. The van der Waals surface area contributed by atoms with Crippen LogP contribution in [0.3, 0.4) is 0 Å². The summed E-state index contributed by atoms with van der Waals surface area (Å²) in [5.41, 5.74) is 1.85. The molecule has 1 heterocycles. The summed E-state index contributed by atoms with van der Waals surface area (Å²) in [5.74, 6) is 0. The molecule has 0 saturated carbocycles. The van der Waals surface area contributed by atoms with Crippen LogP contribution in [-0.4, -0.2) is 4.73 Å². The summed E-state index contributed by atoms with van der Waals surface area (Å²) in [6.07, 6.45) is 0.487. The summed E-state index contributed by atoms with van der Waals surface area (Å²) in [7, 11) is 0. The number of hydrogen-bond acceptors (Lipinski definition) is 2. The normalized spacial score (nSPS) is 10.3. The first-order valence-electron chi connectivity index (χ1n) is 5.11. The van der Waals surface area contributed by atoms with Crippen molar-refractivity contribution in [2.75, 3.05) is 0 Å². The van der Waals surface area contributed by atoms with Gasteiger partial charge in [0.05, 0.1) is 0 Å². The number of hydrogen-bond donors (Lipinski definition) is 0. The van der Waals surface area contributed by atoms with Crippen LogP contribution in [0.1, 0.15) is 16.8 Å². The third-order valence-electron chi connectivity index (χ3n) is 2.43. The average Bonchev–Trinajstić information content (AvgIpc) is 2.27. The number of aryl methyl sites for hydroxylation is 1. The third-order valence-corrected chi connectivity index (χ3v) is 2.43. The fourth-order valence-corrected chi connectivity index (χ4v) is 1.69. The number of aromatic nitrogens is 1. The van der Waals surface area contributed by atoms with Gasteiger partial charge in [-0.1, -0.05) is 30.3 Å². The second-order valence-electron chi connectivity index (χ2n) is 3.82. The molecule has 0 fully saturated rings. The van der Waals surface area contributed by atoms with E-state index in [0.717, 1.165) is 11.1 Å². The van der Waals surface area contributed by atoms with E-state index in [2.05, 4.69) is 0 Å². The smallest absolute Gasteiger partial charge is 0.246 e. The third kappa shape index (κ3) is 2.14. The Hall–Kier alpha value is -2.03. The maximum atomic E-state index is 11.5. The minimum absolute atomic E-state index is 0.458. The van der Waals surface area contributed by atoms with Crippen molar-refractivity contribution in [1.82, 2.24) is 4.73 Å². The molecular formula is C13H12NO2-. The topological polar surface area (TPSA) is 45.1 Å². The fourth-order valence-electron chi connectivity index (χ4n) is 1.69. The van der Waals surface area contributed by atoms with Crippen molar-refractivity contribution in [2.24, 2.45) is 0 Å². The minimum Gasteiger partial charge on any atom is -0.803 e. The first-order chi connectivity index (χ1) is 7.66. The molecule has 0 amide bonds. The Balaban J connectivity index is 2.39. The summed E-state index contributed by atoms with van der Waals surface area (Å²) in [6.45, 7) is 1.82. The molecule has 0 saturated heterocycles. The summed E-state index contributed by atoms with van der Waals surface area (Å²) >= 11 is 0. The van der Waals surface area contributed by atoms with Crippen molar-refractivity contribution >= 4 is 0 Å². The Labute approximate surface area is 93.6 Å². The van der Waals surface area contributed by atoms with Crippen molar-refractivity contribution in [3.05, 3.63) is 74.8 Å². The highest BCUT2D eigenvalue weighted by Crippen LogP contribution is 2.08. The van der Waals surface area contributed by atoms with Crippen LogP contribution in [0.4, 0.5) is 0 Å².